The highest BCUT2D eigenvalue weighted by Gasteiger charge is 2.54. The molecule has 1 aromatic rings. The molecule has 10 heteroatoms. The first-order chi connectivity index (χ1) is 14.6. The fraction of sp³-hybridized carbons (Fsp3) is 0.696. The van der Waals surface area contributed by atoms with Gasteiger partial charge in [-0.05, 0) is 51.9 Å². The van der Waals surface area contributed by atoms with Crippen LogP contribution < -0.4 is 5.32 Å². The van der Waals surface area contributed by atoms with E-state index in [1.807, 2.05) is 20.8 Å². The van der Waals surface area contributed by atoms with Gasteiger partial charge in [0.25, 0.3) is 5.92 Å². The number of rotatable bonds is 8. The third-order valence-electron chi connectivity index (χ3n) is 5.89. The molecule has 0 aliphatic carbocycles. The largest absolute Gasteiger partial charge is 0.444 e. The lowest BCUT2D eigenvalue weighted by Crippen LogP contribution is -2.60. The lowest BCUT2D eigenvalue weighted by atomic mass is 9.82. The third kappa shape index (κ3) is 7.41. The van der Waals surface area contributed by atoms with E-state index in [0.717, 1.165) is 19.1 Å². The molecule has 0 aliphatic heterocycles. The number of alkyl halides is 3. The Labute approximate surface area is 195 Å². The lowest BCUT2D eigenvalue weighted by molar-refractivity contribution is -0.168. The van der Waals surface area contributed by atoms with Crippen molar-refractivity contribution in [3.63, 3.8) is 0 Å². The molecule has 1 aromatic carbocycles. The third-order valence-corrected chi connectivity index (χ3v) is 10.4. The van der Waals surface area contributed by atoms with Crippen molar-refractivity contribution < 1.29 is 36.6 Å². The maximum absolute atomic E-state index is 15.6. The summed E-state index contributed by atoms with van der Waals surface area (Å²) in [4.78, 5) is 12.4. The Morgan fingerprint density at radius 1 is 1.09 bits per heavy atom. The van der Waals surface area contributed by atoms with Crippen LogP contribution in [-0.4, -0.2) is 49.9 Å². The minimum Gasteiger partial charge on any atom is -0.444 e. The number of benzene rings is 1. The van der Waals surface area contributed by atoms with Crippen molar-refractivity contribution in [1.82, 2.24) is 5.32 Å². The molecule has 0 saturated carbocycles. The second-order valence-corrected chi connectivity index (χ2v) is 15.8. The second kappa shape index (κ2) is 9.91. The molecule has 0 bridgehead atoms. The molecule has 1 rings (SSSR count). The van der Waals surface area contributed by atoms with Gasteiger partial charge in [-0.2, -0.15) is 0 Å². The minimum absolute atomic E-state index is 0.386. The Morgan fingerprint density at radius 2 is 1.61 bits per heavy atom. The molecule has 0 saturated heterocycles. The zero-order valence-electron chi connectivity index (χ0n) is 20.9. The van der Waals surface area contributed by atoms with Gasteiger partial charge in [0.1, 0.15) is 23.6 Å². The molecule has 0 aliphatic rings. The van der Waals surface area contributed by atoms with Gasteiger partial charge in [-0.3, -0.25) is 0 Å². The van der Waals surface area contributed by atoms with Crippen LogP contribution in [0.15, 0.2) is 24.3 Å². The van der Waals surface area contributed by atoms with Gasteiger partial charge in [0.2, 0.25) is 0 Å². The number of carbonyl (C=O) groups excluding carboxylic acids is 1. The van der Waals surface area contributed by atoms with Gasteiger partial charge in [-0.1, -0.05) is 39.0 Å². The topological polar surface area (TPSA) is 67.8 Å². The summed E-state index contributed by atoms with van der Waals surface area (Å²) < 4.78 is 70.7. The molecular formula is C23H37F4NO4Si. The van der Waals surface area contributed by atoms with Crippen LogP contribution in [0.1, 0.15) is 54.0 Å². The number of ether oxygens (including phenoxy) is 1. The summed E-state index contributed by atoms with van der Waals surface area (Å²) in [7, 11) is -2.63. The van der Waals surface area contributed by atoms with E-state index in [4.69, 9.17) is 9.16 Å². The molecule has 0 heterocycles. The van der Waals surface area contributed by atoms with Crippen LogP contribution in [0.2, 0.25) is 18.1 Å². The molecule has 5 nitrogen and oxygen atoms in total. The summed E-state index contributed by atoms with van der Waals surface area (Å²) in [6, 6.07) is 4.85. The summed E-state index contributed by atoms with van der Waals surface area (Å²) in [5.41, 5.74) is -3.76. The standard InChI is InChI=1S/C23H37F4NO4Si/c1-20(2,3)32-19(30)28-22(7,15-12-10-11-13-16(15)24)17(25)18(29)23(26,27)14-31-33(8,9)21(4,5)6/h10-13,17-18,29H,14H2,1-9H3,(H,28,30)/t17-,18-,22+/m0/s1. The Hall–Kier alpha value is -1.65. The van der Waals surface area contributed by atoms with E-state index in [0.29, 0.717) is 0 Å². The molecular weight excluding hydrogens is 458 g/mol. The number of alkyl carbamates (subject to hydrolysis) is 1. The first-order valence-electron chi connectivity index (χ1n) is 10.7. The molecule has 0 radical (unpaired) electrons. The van der Waals surface area contributed by atoms with Gasteiger partial charge < -0.3 is 19.6 Å². The fourth-order valence-corrected chi connectivity index (χ4v) is 3.78. The van der Waals surface area contributed by atoms with Crippen LogP contribution >= 0.6 is 0 Å². The highest BCUT2D eigenvalue weighted by atomic mass is 28.4. The summed E-state index contributed by atoms with van der Waals surface area (Å²) in [5.74, 6) is -4.95. The average Bonchev–Trinajstić information content (AvgIpc) is 2.63. The predicted molar refractivity (Wildman–Crippen MR) is 122 cm³/mol. The Bertz CT molecular complexity index is 823. The molecule has 33 heavy (non-hydrogen) atoms. The van der Waals surface area contributed by atoms with Crippen LogP contribution in [0.3, 0.4) is 0 Å². The summed E-state index contributed by atoms with van der Waals surface area (Å²) in [6.45, 7) is 13.5. The number of aliphatic hydroxyl groups is 1. The van der Waals surface area contributed by atoms with E-state index in [2.05, 4.69) is 5.32 Å². The van der Waals surface area contributed by atoms with Crippen molar-refractivity contribution in [3.8, 4) is 0 Å². The second-order valence-electron chi connectivity index (χ2n) is 11.0. The van der Waals surface area contributed by atoms with Gasteiger partial charge in [0.15, 0.2) is 20.6 Å². The SMILES string of the molecule is CC(C)(C)OC(=O)N[C@](C)(c1ccccc1F)[C@@H](F)[C@H](O)C(F)(F)CO[Si](C)(C)C(C)(C)C. The van der Waals surface area contributed by atoms with Crippen molar-refractivity contribution in [2.24, 2.45) is 0 Å². The number of hydrogen-bond acceptors (Lipinski definition) is 4. The van der Waals surface area contributed by atoms with Crippen molar-refractivity contribution in [2.45, 2.75) is 95.9 Å². The average molecular weight is 496 g/mol. The summed E-state index contributed by atoms with van der Waals surface area (Å²) in [5, 5.41) is 12.1. The van der Waals surface area contributed by atoms with Crippen molar-refractivity contribution in [1.29, 1.82) is 0 Å². The highest BCUT2D eigenvalue weighted by molar-refractivity contribution is 6.74. The zero-order valence-corrected chi connectivity index (χ0v) is 21.9. The normalized spacial score (nSPS) is 17.2. The first kappa shape index (κ1) is 29.4. The Balaban J connectivity index is 3.30. The Kier molecular flexibility index (Phi) is 8.83. The van der Waals surface area contributed by atoms with E-state index in [1.54, 1.807) is 33.9 Å². The van der Waals surface area contributed by atoms with E-state index >= 15 is 4.39 Å². The monoisotopic (exact) mass is 495 g/mol. The molecule has 2 N–H and O–H groups in total. The summed E-state index contributed by atoms with van der Waals surface area (Å²) >= 11 is 0. The molecule has 3 atom stereocenters. The van der Waals surface area contributed by atoms with Crippen LogP contribution in [0.4, 0.5) is 22.4 Å². The number of halogens is 4. The van der Waals surface area contributed by atoms with Crippen molar-refractivity contribution >= 4 is 14.4 Å². The van der Waals surface area contributed by atoms with E-state index < -0.39 is 61.7 Å². The van der Waals surface area contributed by atoms with Crippen LogP contribution in [0.25, 0.3) is 0 Å². The quantitative estimate of drug-likeness (QED) is 0.347. The highest BCUT2D eigenvalue weighted by Crippen LogP contribution is 2.40. The smallest absolute Gasteiger partial charge is 0.408 e. The van der Waals surface area contributed by atoms with Gasteiger partial charge in [-0.15, -0.1) is 0 Å². The minimum atomic E-state index is -4.02. The first-order valence-corrected chi connectivity index (χ1v) is 13.6. The van der Waals surface area contributed by atoms with E-state index in [1.165, 1.54) is 12.1 Å². The van der Waals surface area contributed by atoms with Crippen LogP contribution in [0.5, 0.6) is 0 Å². The molecule has 190 valence electrons. The van der Waals surface area contributed by atoms with Gasteiger partial charge in [0, 0.05) is 5.56 Å². The fourth-order valence-electron chi connectivity index (χ4n) is 2.79. The zero-order chi connectivity index (χ0) is 26.0. The van der Waals surface area contributed by atoms with Crippen LogP contribution in [0, 0.1) is 5.82 Å². The van der Waals surface area contributed by atoms with Gasteiger partial charge in [0.05, 0.1) is 0 Å². The lowest BCUT2D eigenvalue weighted by Gasteiger charge is -2.41. The number of carbonyl (C=O) groups is 1. The van der Waals surface area contributed by atoms with E-state index in [9.17, 15) is 23.1 Å². The molecule has 1 amide bonds. The van der Waals surface area contributed by atoms with Gasteiger partial charge in [-0.25, -0.2) is 22.4 Å². The predicted octanol–water partition coefficient (Wildman–Crippen LogP) is 5.92. The van der Waals surface area contributed by atoms with Crippen LogP contribution in [-0.2, 0) is 14.7 Å². The molecule has 0 fully saturated rings. The maximum Gasteiger partial charge on any atom is 0.408 e. The number of aliphatic hydroxyl groups excluding tert-OH is 1. The number of nitrogens with one attached hydrogen (secondary N) is 1. The Morgan fingerprint density at radius 3 is 2.06 bits per heavy atom. The number of hydrogen-bond donors (Lipinski definition) is 2. The molecule has 0 aromatic heterocycles. The molecule has 0 unspecified atom stereocenters. The van der Waals surface area contributed by atoms with E-state index in [-0.39, 0.29) is 5.04 Å². The van der Waals surface area contributed by atoms with Gasteiger partial charge >= 0.3 is 6.09 Å². The number of amides is 1. The van der Waals surface area contributed by atoms with Crippen molar-refractivity contribution in [2.75, 3.05) is 6.61 Å². The van der Waals surface area contributed by atoms with Crippen molar-refractivity contribution in [3.05, 3.63) is 35.6 Å². The summed E-state index contributed by atoms with van der Waals surface area (Å²) in [6.07, 6.45) is -6.86. The molecule has 0 spiro atoms. The maximum atomic E-state index is 15.6.